The molecule has 1 aromatic heterocycles. The van der Waals surface area contributed by atoms with Gasteiger partial charge in [0, 0.05) is 19.1 Å². The number of aliphatic hydroxyl groups is 1. The van der Waals surface area contributed by atoms with Crippen molar-refractivity contribution in [3.8, 4) is 0 Å². The molecular weight excluding hydrogens is 254 g/mol. The third kappa shape index (κ3) is 2.21. The highest BCUT2D eigenvalue weighted by molar-refractivity contribution is 5.16. The van der Waals surface area contributed by atoms with Gasteiger partial charge >= 0.3 is 0 Å². The van der Waals surface area contributed by atoms with Crippen molar-refractivity contribution in [3.63, 3.8) is 0 Å². The maximum absolute atomic E-state index is 10.9. The standard InChI is InChI=1S/C14H19N5O/c1-11-14(20,13-15-17-18(2)16-13)8-9-19(11)10-12-6-4-3-5-7-12/h3-7,11,20H,8-10H2,1-2H3. The molecule has 1 aliphatic rings. The number of tetrazole rings is 1. The van der Waals surface area contributed by atoms with Gasteiger partial charge in [-0.2, -0.15) is 4.80 Å². The van der Waals surface area contributed by atoms with E-state index in [9.17, 15) is 5.11 Å². The lowest BCUT2D eigenvalue weighted by atomic mass is 9.95. The average Bonchev–Trinajstić information content (AvgIpc) is 3.00. The number of likely N-dealkylation sites (tertiary alicyclic amines) is 1. The number of aryl methyl sites for hydroxylation is 1. The molecule has 2 aromatic rings. The third-order valence-electron chi connectivity index (χ3n) is 4.14. The van der Waals surface area contributed by atoms with Crippen molar-refractivity contribution in [2.45, 2.75) is 31.5 Å². The summed E-state index contributed by atoms with van der Waals surface area (Å²) in [6, 6.07) is 10.2. The molecule has 2 unspecified atom stereocenters. The van der Waals surface area contributed by atoms with Gasteiger partial charge in [-0.05, 0) is 24.1 Å². The first-order valence-electron chi connectivity index (χ1n) is 6.84. The van der Waals surface area contributed by atoms with Crippen LogP contribution in [0.1, 0.15) is 24.7 Å². The fourth-order valence-electron chi connectivity index (χ4n) is 2.81. The minimum atomic E-state index is -1.01. The van der Waals surface area contributed by atoms with E-state index in [0.29, 0.717) is 12.2 Å². The van der Waals surface area contributed by atoms with Crippen LogP contribution in [-0.2, 0) is 19.2 Å². The summed E-state index contributed by atoms with van der Waals surface area (Å²) in [4.78, 5) is 3.64. The Morgan fingerprint density at radius 3 is 2.75 bits per heavy atom. The molecule has 1 N–H and O–H groups in total. The van der Waals surface area contributed by atoms with Crippen molar-refractivity contribution in [2.75, 3.05) is 6.54 Å². The van der Waals surface area contributed by atoms with Gasteiger partial charge in [0.2, 0.25) is 5.82 Å². The minimum absolute atomic E-state index is 0.0353. The van der Waals surface area contributed by atoms with Crippen molar-refractivity contribution < 1.29 is 5.11 Å². The first-order valence-corrected chi connectivity index (χ1v) is 6.84. The highest BCUT2D eigenvalue weighted by Gasteiger charge is 2.47. The lowest BCUT2D eigenvalue weighted by molar-refractivity contribution is -0.00345. The zero-order valence-electron chi connectivity index (χ0n) is 11.8. The molecule has 106 valence electrons. The maximum atomic E-state index is 10.9. The number of aromatic nitrogens is 4. The fraction of sp³-hybridized carbons (Fsp3) is 0.500. The molecule has 0 saturated carbocycles. The van der Waals surface area contributed by atoms with Crippen LogP contribution in [0, 0.1) is 0 Å². The van der Waals surface area contributed by atoms with Crippen molar-refractivity contribution in [3.05, 3.63) is 41.7 Å². The van der Waals surface area contributed by atoms with E-state index in [1.54, 1.807) is 7.05 Å². The van der Waals surface area contributed by atoms with Gasteiger partial charge in [-0.3, -0.25) is 4.90 Å². The zero-order valence-corrected chi connectivity index (χ0v) is 11.8. The van der Waals surface area contributed by atoms with E-state index in [2.05, 4.69) is 32.4 Å². The predicted octanol–water partition coefficient (Wildman–Crippen LogP) is 0.692. The number of rotatable bonds is 3. The van der Waals surface area contributed by atoms with Crippen LogP contribution < -0.4 is 0 Å². The minimum Gasteiger partial charge on any atom is -0.380 e. The lowest BCUT2D eigenvalue weighted by Gasteiger charge is -2.28. The van der Waals surface area contributed by atoms with Gasteiger partial charge in [-0.1, -0.05) is 30.3 Å². The van der Waals surface area contributed by atoms with E-state index in [1.165, 1.54) is 10.4 Å². The number of benzene rings is 1. The Bertz CT molecular complexity index is 584. The molecule has 1 saturated heterocycles. The van der Waals surface area contributed by atoms with Crippen LogP contribution in [0.4, 0.5) is 0 Å². The molecule has 6 nitrogen and oxygen atoms in total. The average molecular weight is 273 g/mol. The Morgan fingerprint density at radius 2 is 2.10 bits per heavy atom. The Hall–Kier alpha value is -1.79. The first-order chi connectivity index (χ1) is 9.59. The smallest absolute Gasteiger partial charge is 0.207 e. The molecule has 1 aliphatic heterocycles. The second kappa shape index (κ2) is 4.96. The Morgan fingerprint density at radius 1 is 1.35 bits per heavy atom. The van der Waals surface area contributed by atoms with Gasteiger partial charge in [-0.15, -0.1) is 10.2 Å². The monoisotopic (exact) mass is 273 g/mol. The van der Waals surface area contributed by atoms with E-state index in [-0.39, 0.29) is 6.04 Å². The molecule has 0 aliphatic carbocycles. The van der Waals surface area contributed by atoms with Crippen molar-refractivity contribution in [1.82, 2.24) is 25.1 Å². The summed E-state index contributed by atoms with van der Waals surface area (Å²) >= 11 is 0. The van der Waals surface area contributed by atoms with Crippen molar-refractivity contribution in [1.29, 1.82) is 0 Å². The van der Waals surface area contributed by atoms with Crippen LogP contribution in [0.2, 0.25) is 0 Å². The van der Waals surface area contributed by atoms with Crippen LogP contribution in [0.5, 0.6) is 0 Å². The van der Waals surface area contributed by atoms with Crippen LogP contribution >= 0.6 is 0 Å². The summed E-state index contributed by atoms with van der Waals surface area (Å²) in [5.74, 6) is 0.420. The molecule has 2 heterocycles. The van der Waals surface area contributed by atoms with E-state index >= 15 is 0 Å². The Kier molecular flexibility index (Phi) is 3.27. The van der Waals surface area contributed by atoms with Crippen molar-refractivity contribution >= 4 is 0 Å². The number of hydrogen-bond acceptors (Lipinski definition) is 5. The Balaban J connectivity index is 1.78. The molecule has 6 heteroatoms. The van der Waals surface area contributed by atoms with Gasteiger partial charge in [0.1, 0.15) is 5.60 Å². The molecule has 3 rings (SSSR count). The van der Waals surface area contributed by atoms with Crippen LogP contribution in [0.3, 0.4) is 0 Å². The topological polar surface area (TPSA) is 67.1 Å². The molecule has 1 aromatic carbocycles. The third-order valence-corrected chi connectivity index (χ3v) is 4.14. The summed E-state index contributed by atoms with van der Waals surface area (Å²) in [5, 5.41) is 22.9. The lowest BCUT2D eigenvalue weighted by Crippen LogP contribution is -2.41. The normalized spacial score (nSPS) is 27.1. The SMILES string of the molecule is CC1N(Cc2ccccc2)CCC1(O)c1nnn(C)n1. The van der Waals surface area contributed by atoms with Crippen LogP contribution in [-0.4, -0.2) is 42.8 Å². The zero-order chi connectivity index (χ0) is 14.2. The van der Waals surface area contributed by atoms with E-state index in [0.717, 1.165) is 13.1 Å². The number of hydrogen-bond donors (Lipinski definition) is 1. The quantitative estimate of drug-likeness (QED) is 0.891. The summed E-state index contributed by atoms with van der Waals surface area (Å²) in [6.07, 6.45) is 0.632. The van der Waals surface area contributed by atoms with Gasteiger partial charge < -0.3 is 5.11 Å². The second-order valence-corrected chi connectivity index (χ2v) is 5.41. The fourth-order valence-corrected chi connectivity index (χ4v) is 2.81. The van der Waals surface area contributed by atoms with E-state index < -0.39 is 5.60 Å². The summed E-state index contributed by atoms with van der Waals surface area (Å²) < 4.78 is 0. The molecule has 0 radical (unpaired) electrons. The summed E-state index contributed by atoms with van der Waals surface area (Å²) in [7, 11) is 1.71. The molecular formula is C14H19N5O. The number of nitrogens with zero attached hydrogens (tertiary/aromatic N) is 5. The maximum Gasteiger partial charge on any atom is 0.207 e. The van der Waals surface area contributed by atoms with Gasteiger partial charge in [0.15, 0.2) is 0 Å². The van der Waals surface area contributed by atoms with Gasteiger partial charge in [-0.25, -0.2) is 0 Å². The Labute approximate surface area is 118 Å². The largest absolute Gasteiger partial charge is 0.380 e. The molecule has 2 atom stereocenters. The van der Waals surface area contributed by atoms with Crippen molar-refractivity contribution in [2.24, 2.45) is 7.05 Å². The molecule has 1 fully saturated rings. The highest BCUT2D eigenvalue weighted by atomic mass is 16.3. The van der Waals surface area contributed by atoms with Crippen LogP contribution in [0.15, 0.2) is 30.3 Å². The highest BCUT2D eigenvalue weighted by Crippen LogP contribution is 2.36. The second-order valence-electron chi connectivity index (χ2n) is 5.41. The van der Waals surface area contributed by atoms with Gasteiger partial charge in [0.05, 0.1) is 7.05 Å². The van der Waals surface area contributed by atoms with Crippen LogP contribution in [0.25, 0.3) is 0 Å². The molecule has 0 bridgehead atoms. The molecule has 0 spiro atoms. The predicted molar refractivity (Wildman–Crippen MR) is 73.6 cm³/mol. The first kappa shape index (κ1) is 13.2. The molecule has 0 amide bonds. The molecule has 20 heavy (non-hydrogen) atoms. The van der Waals surface area contributed by atoms with E-state index in [1.807, 2.05) is 25.1 Å². The van der Waals surface area contributed by atoms with Gasteiger partial charge in [0.25, 0.3) is 0 Å². The summed E-state index contributed by atoms with van der Waals surface area (Å²) in [6.45, 7) is 3.67. The summed E-state index contributed by atoms with van der Waals surface area (Å²) in [5.41, 5.74) is 0.235. The van der Waals surface area contributed by atoms with E-state index in [4.69, 9.17) is 0 Å².